The molecule has 0 bridgehead atoms. The monoisotopic (exact) mass is 227 g/mol. The molecule has 1 fully saturated rings. The zero-order valence-electron chi connectivity index (χ0n) is 10.2. The highest BCUT2D eigenvalue weighted by Crippen LogP contribution is 2.47. The Labute approximate surface area is 96.3 Å². The number of nitrogens with two attached hydrogens (primary N) is 1. The minimum atomic E-state index is -0.714. The van der Waals surface area contributed by atoms with Crippen molar-refractivity contribution in [1.29, 1.82) is 0 Å². The van der Waals surface area contributed by atoms with Crippen molar-refractivity contribution in [2.24, 2.45) is 16.3 Å². The van der Waals surface area contributed by atoms with E-state index in [2.05, 4.69) is 5.16 Å². The van der Waals surface area contributed by atoms with Gasteiger partial charge in [-0.25, -0.2) is 0 Å². The van der Waals surface area contributed by atoms with E-state index in [0.717, 1.165) is 6.42 Å². The van der Waals surface area contributed by atoms with Crippen LogP contribution in [0.4, 0.5) is 0 Å². The standard InChI is InChI=1S/C11H21N3O2/c1-4-8(3)14(5-2)10(15)11(6-7-11)9(12)13-16/h8,16H,4-7H2,1-3H3,(H2,12,13). The van der Waals surface area contributed by atoms with Crippen molar-refractivity contribution >= 4 is 11.7 Å². The number of hydrogen-bond acceptors (Lipinski definition) is 3. The fourth-order valence-corrected chi connectivity index (χ4v) is 1.95. The van der Waals surface area contributed by atoms with Gasteiger partial charge >= 0.3 is 0 Å². The first-order valence-corrected chi connectivity index (χ1v) is 5.82. The first kappa shape index (κ1) is 12.8. The van der Waals surface area contributed by atoms with E-state index in [-0.39, 0.29) is 17.8 Å². The van der Waals surface area contributed by atoms with Crippen molar-refractivity contribution in [3.63, 3.8) is 0 Å². The van der Waals surface area contributed by atoms with Crippen molar-refractivity contribution in [2.45, 2.75) is 46.1 Å². The third-order valence-electron chi connectivity index (χ3n) is 3.48. The summed E-state index contributed by atoms with van der Waals surface area (Å²) in [5.41, 5.74) is 4.89. The summed E-state index contributed by atoms with van der Waals surface area (Å²) < 4.78 is 0. The van der Waals surface area contributed by atoms with E-state index >= 15 is 0 Å². The number of carbonyl (C=O) groups is 1. The van der Waals surface area contributed by atoms with Gasteiger partial charge in [0.25, 0.3) is 0 Å². The van der Waals surface area contributed by atoms with Crippen LogP contribution in [-0.2, 0) is 4.79 Å². The third-order valence-corrected chi connectivity index (χ3v) is 3.48. The van der Waals surface area contributed by atoms with Gasteiger partial charge in [0, 0.05) is 12.6 Å². The molecule has 0 spiro atoms. The molecule has 0 heterocycles. The Bertz CT molecular complexity index is 298. The maximum atomic E-state index is 12.3. The average molecular weight is 227 g/mol. The molecule has 1 atom stereocenters. The number of carbonyl (C=O) groups excluding carboxylic acids is 1. The number of oxime groups is 1. The second-order valence-corrected chi connectivity index (χ2v) is 4.42. The molecular weight excluding hydrogens is 206 g/mol. The molecule has 92 valence electrons. The summed E-state index contributed by atoms with van der Waals surface area (Å²) in [6.45, 7) is 6.67. The van der Waals surface area contributed by atoms with Crippen LogP contribution in [0.1, 0.15) is 40.0 Å². The Hall–Kier alpha value is -1.26. The smallest absolute Gasteiger partial charge is 0.236 e. The molecule has 16 heavy (non-hydrogen) atoms. The molecule has 0 aromatic rings. The molecule has 0 radical (unpaired) electrons. The fourth-order valence-electron chi connectivity index (χ4n) is 1.95. The van der Waals surface area contributed by atoms with Crippen LogP contribution in [0.15, 0.2) is 5.16 Å². The number of amidine groups is 1. The van der Waals surface area contributed by atoms with Gasteiger partial charge in [-0.15, -0.1) is 0 Å². The lowest BCUT2D eigenvalue weighted by atomic mass is 10.0. The second-order valence-electron chi connectivity index (χ2n) is 4.42. The van der Waals surface area contributed by atoms with Crippen LogP contribution in [0.3, 0.4) is 0 Å². The number of nitrogens with zero attached hydrogens (tertiary/aromatic N) is 2. The van der Waals surface area contributed by atoms with Crippen molar-refractivity contribution in [3.05, 3.63) is 0 Å². The fraction of sp³-hybridized carbons (Fsp3) is 0.818. The molecule has 0 aromatic heterocycles. The molecular formula is C11H21N3O2. The molecule has 1 unspecified atom stereocenters. The molecule has 1 aliphatic carbocycles. The van der Waals surface area contributed by atoms with Crippen LogP contribution in [0, 0.1) is 5.41 Å². The molecule has 5 nitrogen and oxygen atoms in total. The molecule has 1 aliphatic rings. The van der Waals surface area contributed by atoms with Gasteiger partial charge in [0.05, 0.1) is 0 Å². The first-order chi connectivity index (χ1) is 7.53. The summed E-state index contributed by atoms with van der Waals surface area (Å²) in [5.74, 6) is 0.0545. The van der Waals surface area contributed by atoms with Crippen LogP contribution in [-0.4, -0.2) is 34.4 Å². The Morgan fingerprint density at radius 3 is 2.44 bits per heavy atom. The van der Waals surface area contributed by atoms with Gasteiger partial charge in [0.1, 0.15) is 5.41 Å². The van der Waals surface area contributed by atoms with Crippen molar-refractivity contribution in [2.75, 3.05) is 6.54 Å². The van der Waals surface area contributed by atoms with Crippen molar-refractivity contribution < 1.29 is 10.0 Å². The summed E-state index contributed by atoms with van der Waals surface area (Å²) in [4.78, 5) is 14.1. The maximum Gasteiger partial charge on any atom is 0.236 e. The molecule has 0 saturated heterocycles. The van der Waals surface area contributed by atoms with Crippen molar-refractivity contribution in [1.82, 2.24) is 4.90 Å². The Kier molecular flexibility index (Phi) is 3.78. The molecule has 0 aliphatic heterocycles. The molecule has 5 heteroatoms. The Balaban J connectivity index is 2.84. The summed E-state index contributed by atoms with van der Waals surface area (Å²) in [6, 6.07) is 0.196. The minimum absolute atomic E-state index is 0.000324. The van der Waals surface area contributed by atoms with Crippen molar-refractivity contribution in [3.8, 4) is 0 Å². The van der Waals surface area contributed by atoms with Gasteiger partial charge in [-0.3, -0.25) is 4.79 Å². The Morgan fingerprint density at radius 2 is 2.12 bits per heavy atom. The lowest BCUT2D eigenvalue weighted by Crippen LogP contribution is -2.47. The zero-order valence-corrected chi connectivity index (χ0v) is 10.2. The highest BCUT2D eigenvalue weighted by atomic mass is 16.4. The predicted molar refractivity (Wildman–Crippen MR) is 62.2 cm³/mol. The number of amides is 1. The number of hydrogen-bond donors (Lipinski definition) is 2. The minimum Gasteiger partial charge on any atom is -0.409 e. The quantitative estimate of drug-likeness (QED) is 0.320. The number of rotatable bonds is 5. The van der Waals surface area contributed by atoms with Gasteiger partial charge in [-0.05, 0) is 33.1 Å². The van der Waals surface area contributed by atoms with Gasteiger partial charge in [0.15, 0.2) is 5.84 Å². The largest absolute Gasteiger partial charge is 0.409 e. The molecule has 1 rings (SSSR count). The SMILES string of the molecule is CCC(C)N(CC)C(=O)C1(C(N)=NO)CC1. The van der Waals surface area contributed by atoms with Gasteiger partial charge in [0.2, 0.25) is 5.91 Å². The average Bonchev–Trinajstić information content (AvgIpc) is 3.09. The molecule has 0 aromatic carbocycles. The van der Waals surface area contributed by atoms with Gasteiger partial charge in [-0.2, -0.15) is 0 Å². The van der Waals surface area contributed by atoms with E-state index in [9.17, 15) is 4.79 Å². The van der Waals surface area contributed by atoms with Gasteiger partial charge in [-0.1, -0.05) is 12.1 Å². The van der Waals surface area contributed by atoms with E-state index in [4.69, 9.17) is 10.9 Å². The summed E-state index contributed by atoms with van der Waals surface area (Å²) in [5, 5.41) is 11.7. The highest BCUT2D eigenvalue weighted by Gasteiger charge is 2.56. The summed E-state index contributed by atoms with van der Waals surface area (Å²) >= 11 is 0. The van der Waals surface area contributed by atoms with Crippen LogP contribution in [0.5, 0.6) is 0 Å². The van der Waals surface area contributed by atoms with Crippen LogP contribution in [0.25, 0.3) is 0 Å². The van der Waals surface area contributed by atoms with Gasteiger partial charge < -0.3 is 15.8 Å². The van der Waals surface area contributed by atoms with E-state index in [1.165, 1.54) is 0 Å². The summed E-state index contributed by atoms with van der Waals surface area (Å²) in [6.07, 6.45) is 2.29. The third kappa shape index (κ3) is 1.99. The molecule has 3 N–H and O–H groups in total. The second kappa shape index (κ2) is 4.72. The van der Waals surface area contributed by atoms with E-state index in [1.54, 1.807) is 0 Å². The lowest BCUT2D eigenvalue weighted by molar-refractivity contribution is -0.136. The van der Waals surface area contributed by atoms with Crippen LogP contribution < -0.4 is 5.73 Å². The first-order valence-electron chi connectivity index (χ1n) is 5.82. The Morgan fingerprint density at radius 1 is 1.56 bits per heavy atom. The zero-order chi connectivity index (χ0) is 12.3. The van der Waals surface area contributed by atoms with Crippen LogP contribution >= 0.6 is 0 Å². The lowest BCUT2D eigenvalue weighted by Gasteiger charge is -2.30. The van der Waals surface area contributed by atoms with E-state index in [1.807, 2.05) is 25.7 Å². The maximum absolute atomic E-state index is 12.3. The van der Waals surface area contributed by atoms with Crippen LogP contribution in [0.2, 0.25) is 0 Å². The van der Waals surface area contributed by atoms with E-state index in [0.29, 0.717) is 19.4 Å². The molecule has 1 amide bonds. The normalized spacial score (nSPS) is 20.3. The summed E-state index contributed by atoms with van der Waals surface area (Å²) in [7, 11) is 0. The predicted octanol–water partition coefficient (Wildman–Crippen LogP) is 1.16. The molecule has 1 saturated carbocycles. The highest BCUT2D eigenvalue weighted by molar-refractivity contribution is 6.09. The van der Waals surface area contributed by atoms with E-state index < -0.39 is 5.41 Å². The topological polar surface area (TPSA) is 78.9 Å².